The van der Waals surface area contributed by atoms with Gasteiger partial charge in [0.2, 0.25) is 0 Å². The molecule has 1 saturated carbocycles. The third kappa shape index (κ3) is 2.74. The quantitative estimate of drug-likeness (QED) is 0.492. The lowest BCUT2D eigenvalue weighted by molar-refractivity contribution is -0.190. The van der Waals surface area contributed by atoms with Crippen LogP contribution in [0.4, 0.5) is 0 Å². The minimum atomic E-state index is -0.578. The lowest BCUT2D eigenvalue weighted by Crippen LogP contribution is -2.59. The molecule has 156 valence electrons. The number of hydrogen-bond donors (Lipinski definition) is 0. The van der Waals surface area contributed by atoms with Crippen molar-refractivity contribution in [3.8, 4) is 0 Å². The van der Waals surface area contributed by atoms with Gasteiger partial charge in [-0.3, -0.25) is 0 Å². The number of carbonyl (C=O) groups is 1. The van der Waals surface area contributed by atoms with Gasteiger partial charge in [-0.1, -0.05) is 18.6 Å². The average Bonchev–Trinajstić information content (AvgIpc) is 3.37. The van der Waals surface area contributed by atoms with Crippen molar-refractivity contribution >= 4 is 5.97 Å². The van der Waals surface area contributed by atoms with Gasteiger partial charge in [0.25, 0.3) is 0 Å². The van der Waals surface area contributed by atoms with Crippen LogP contribution in [-0.2, 0) is 20.7 Å². The lowest BCUT2D eigenvalue weighted by atomic mass is 9.59. The Morgan fingerprint density at radius 3 is 2.79 bits per heavy atom. The van der Waals surface area contributed by atoms with Crippen molar-refractivity contribution in [2.24, 2.45) is 23.7 Å². The first kappa shape index (κ1) is 19.0. The van der Waals surface area contributed by atoms with E-state index in [-0.39, 0.29) is 17.5 Å². The molecule has 2 aliphatic heterocycles. The van der Waals surface area contributed by atoms with Crippen LogP contribution in [0.3, 0.4) is 0 Å². The molecule has 6 atom stereocenters. The molecule has 5 rings (SSSR count). The van der Waals surface area contributed by atoms with Gasteiger partial charge in [-0.25, -0.2) is 4.79 Å². The second-order valence-electron chi connectivity index (χ2n) is 10.1. The van der Waals surface area contributed by atoms with E-state index >= 15 is 0 Å². The van der Waals surface area contributed by atoms with Crippen LogP contribution in [-0.4, -0.2) is 17.2 Å². The Labute approximate surface area is 173 Å². The minimum absolute atomic E-state index is 0.182. The summed E-state index contributed by atoms with van der Waals surface area (Å²) in [5.41, 5.74) is 2.53. The maximum absolute atomic E-state index is 12.8. The molecule has 2 fully saturated rings. The van der Waals surface area contributed by atoms with Gasteiger partial charge in [-0.05, 0) is 82.8 Å². The van der Waals surface area contributed by atoms with Gasteiger partial charge in [-0.2, -0.15) is 0 Å². The van der Waals surface area contributed by atoms with E-state index in [9.17, 15) is 4.79 Å². The van der Waals surface area contributed by atoms with E-state index in [1.54, 1.807) is 6.26 Å². The molecule has 1 aromatic rings. The van der Waals surface area contributed by atoms with Crippen molar-refractivity contribution < 1.29 is 18.7 Å². The molecule has 4 aliphatic rings. The summed E-state index contributed by atoms with van der Waals surface area (Å²) in [6.07, 6.45) is 12.2. The highest BCUT2D eigenvalue weighted by atomic mass is 16.6. The Kier molecular flexibility index (Phi) is 4.27. The Hall–Kier alpha value is -1.97. The number of ether oxygens (including phenoxy) is 2. The van der Waals surface area contributed by atoms with Crippen molar-refractivity contribution in [2.75, 3.05) is 0 Å². The fourth-order valence-electron chi connectivity index (χ4n) is 6.74. The van der Waals surface area contributed by atoms with E-state index in [0.29, 0.717) is 23.3 Å². The van der Waals surface area contributed by atoms with Gasteiger partial charge in [-0.15, -0.1) is 0 Å². The predicted octanol–water partition coefficient (Wildman–Crippen LogP) is 5.59. The second kappa shape index (κ2) is 6.52. The number of esters is 1. The van der Waals surface area contributed by atoms with Gasteiger partial charge >= 0.3 is 5.97 Å². The monoisotopic (exact) mass is 396 g/mol. The summed E-state index contributed by atoms with van der Waals surface area (Å²) in [4.78, 5) is 12.8. The average molecular weight is 397 g/mol. The number of hydrogen-bond acceptors (Lipinski definition) is 4. The molecule has 1 saturated heterocycles. The van der Waals surface area contributed by atoms with Crippen LogP contribution in [0.1, 0.15) is 65.4 Å². The summed E-state index contributed by atoms with van der Waals surface area (Å²) in [5, 5.41) is 0. The lowest BCUT2D eigenvalue weighted by Gasteiger charge is -2.55. The van der Waals surface area contributed by atoms with Crippen molar-refractivity contribution in [1.29, 1.82) is 0 Å². The molecule has 0 bridgehead atoms. The number of rotatable bonds is 4. The predicted molar refractivity (Wildman–Crippen MR) is 110 cm³/mol. The molecule has 0 radical (unpaired) electrons. The number of furan rings is 1. The SMILES string of the molecule is CC1=C[C@H]2C[C@@](C)(CCCc3ccoc3)OC3=C(C)C(=O)O[C@@]32[C@@H]2[C@@H](C)CC[C@@H]12. The minimum Gasteiger partial charge on any atom is -0.487 e. The Morgan fingerprint density at radius 1 is 1.21 bits per heavy atom. The third-order valence-corrected chi connectivity index (χ3v) is 8.09. The fourth-order valence-corrected chi connectivity index (χ4v) is 6.74. The normalized spacial score (nSPS) is 40.7. The molecule has 29 heavy (non-hydrogen) atoms. The van der Waals surface area contributed by atoms with Crippen LogP contribution >= 0.6 is 0 Å². The zero-order valence-electron chi connectivity index (χ0n) is 18.0. The molecular formula is C25H32O4. The van der Waals surface area contributed by atoms with Crippen molar-refractivity contribution in [3.63, 3.8) is 0 Å². The number of carbonyl (C=O) groups excluding carboxylic acids is 1. The molecule has 4 heteroatoms. The molecule has 0 amide bonds. The van der Waals surface area contributed by atoms with Crippen molar-refractivity contribution in [1.82, 2.24) is 0 Å². The maximum Gasteiger partial charge on any atom is 0.338 e. The van der Waals surface area contributed by atoms with Gasteiger partial charge in [0.15, 0.2) is 11.4 Å². The van der Waals surface area contributed by atoms with E-state index in [0.717, 1.165) is 31.4 Å². The van der Waals surface area contributed by atoms with Crippen LogP contribution in [0.5, 0.6) is 0 Å². The molecular weight excluding hydrogens is 364 g/mol. The van der Waals surface area contributed by atoms with Crippen LogP contribution in [0.2, 0.25) is 0 Å². The van der Waals surface area contributed by atoms with Gasteiger partial charge in [0.1, 0.15) is 5.60 Å². The summed E-state index contributed by atoms with van der Waals surface area (Å²) < 4.78 is 18.2. The summed E-state index contributed by atoms with van der Waals surface area (Å²) >= 11 is 0. The highest BCUT2D eigenvalue weighted by Gasteiger charge is 2.67. The molecule has 3 heterocycles. The number of aryl methyl sites for hydroxylation is 1. The Morgan fingerprint density at radius 2 is 2.03 bits per heavy atom. The summed E-state index contributed by atoms with van der Waals surface area (Å²) in [6, 6.07) is 2.03. The van der Waals surface area contributed by atoms with E-state index < -0.39 is 5.60 Å². The summed E-state index contributed by atoms with van der Waals surface area (Å²) in [7, 11) is 0. The smallest absolute Gasteiger partial charge is 0.338 e. The standard InChI is InChI=1S/C25H32O4/c1-15-7-8-20-16(2)12-19-13-24(4,10-5-6-18-9-11-27-14-18)28-22-17(3)23(26)29-25(19,22)21(15)20/h9,11-12,14-15,19-21H,5-8,10,13H2,1-4H3/t15-,19-,20-,21+,24+,25-/m0/s1. The molecule has 4 nitrogen and oxygen atoms in total. The second-order valence-corrected chi connectivity index (χ2v) is 10.1. The topological polar surface area (TPSA) is 48.7 Å². The highest BCUT2D eigenvalue weighted by Crippen LogP contribution is 2.63. The van der Waals surface area contributed by atoms with Crippen molar-refractivity contribution in [3.05, 3.63) is 47.1 Å². The van der Waals surface area contributed by atoms with E-state index in [1.807, 2.05) is 19.3 Å². The zero-order chi connectivity index (χ0) is 20.4. The third-order valence-electron chi connectivity index (χ3n) is 8.09. The van der Waals surface area contributed by atoms with Crippen LogP contribution < -0.4 is 0 Å². The Balaban J connectivity index is 1.48. The number of allylic oxidation sites excluding steroid dienone is 1. The van der Waals surface area contributed by atoms with Crippen LogP contribution in [0.25, 0.3) is 0 Å². The van der Waals surface area contributed by atoms with Crippen molar-refractivity contribution in [2.45, 2.75) is 77.4 Å². The first-order chi connectivity index (χ1) is 13.8. The Bertz CT molecular complexity index is 879. The number of fused-ring (bicyclic) bond motifs is 1. The van der Waals surface area contributed by atoms with Gasteiger partial charge in [0, 0.05) is 11.8 Å². The van der Waals surface area contributed by atoms with E-state index in [1.165, 1.54) is 24.0 Å². The van der Waals surface area contributed by atoms with Crippen LogP contribution in [0, 0.1) is 23.7 Å². The molecule has 1 spiro atoms. The molecule has 0 N–H and O–H groups in total. The van der Waals surface area contributed by atoms with Gasteiger partial charge in [0.05, 0.1) is 18.1 Å². The fraction of sp³-hybridized carbons (Fsp3) is 0.640. The summed E-state index contributed by atoms with van der Waals surface area (Å²) in [6.45, 7) is 8.71. The zero-order valence-corrected chi connectivity index (χ0v) is 18.0. The molecule has 1 aromatic heterocycles. The summed E-state index contributed by atoms with van der Waals surface area (Å²) in [5.74, 6) is 2.24. The highest BCUT2D eigenvalue weighted by molar-refractivity contribution is 5.92. The first-order valence-electron chi connectivity index (χ1n) is 11.2. The molecule has 0 unspecified atom stereocenters. The first-order valence-corrected chi connectivity index (χ1v) is 11.2. The van der Waals surface area contributed by atoms with Gasteiger partial charge < -0.3 is 13.9 Å². The van der Waals surface area contributed by atoms with E-state index in [2.05, 4.69) is 26.8 Å². The van der Waals surface area contributed by atoms with Crippen LogP contribution in [0.15, 0.2) is 46.0 Å². The largest absolute Gasteiger partial charge is 0.487 e. The van der Waals surface area contributed by atoms with E-state index in [4.69, 9.17) is 13.9 Å². The maximum atomic E-state index is 12.8. The molecule has 0 aromatic carbocycles. The molecule has 2 aliphatic carbocycles.